The molecule has 0 aromatic rings. The molecule has 0 aromatic heterocycles. The first-order valence-electron chi connectivity index (χ1n) is 3.82. The average Bonchev–Trinajstić information content (AvgIpc) is 2.01. The van der Waals surface area contributed by atoms with Crippen LogP contribution >= 0.6 is 0 Å². The van der Waals surface area contributed by atoms with Crippen molar-refractivity contribution in [3.63, 3.8) is 0 Å². The van der Waals surface area contributed by atoms with Gasteiger partial charge in [0.1, 0.15) is 11.6 Å². The first-order chi connectivity index (χ1) is 6.27. The molecule has 0 saturated carbocycles. The SMILES string of the molecule is C=CC(N)=NO.CC(C)=O.CC(C)=O. The number of hydrogen-bond donors (Lipinski definition) is 2. The van der Waals surface area contributed by atoms with Gasteiger partial charge in [-0.25, -0.2) is 0 Å². The van der Waals surface area contributed by atoms with Crippen molar-refractivity contribution in [1.82, 2.24) is 0 Å². The van der Waals surface area contributed by atoms with Gasteiger partial charge < -0.3 is 20.5 Å². The number of carbonyl (C=O) groups excluding carboxylic acids is 2. The Kier molecular flexibility index (Phi) is 18.1. The van der Waals surface area contributed by atoms with E-state index in [1.165, 1.54) is 33.8 Å². The Labute approximate surface area is 84.3 Å². The summed E-state index contributed by atoms with van der Waals surface area (Å²) < 4.78 is 0. The van der Waals surface area contributed by atoms with Crippen molar-refractivity contribution in [3.05, 3.63) is 12.7 Å². The third kappa shape index (κ3) is 164. The van der Waals surface area contributed by atoms with Crippen molar-refractivity contribution in [2.75, 3.05) is 0 Å². The van der Waals surface area contributed by atoms with Gasteiger partial charge in [-0.3, -0.25) is 0 Å². The molecular weight excluding hydrogens is 184 g/mol. The van der Waals surface area contributed by atoms with Crippen LogP contribution in [0.2, 0.25) is 0 Å². The Bertz CT molecular complexity index is 190. The third-order valence-corrected chi connectivity index (χ3v) is 0.325. The van der Waals surface area contributed by atoms with E-state index in [1.54, 1.807) is 0 Å². The van der Waals surface area contributed by atoms with Crippen LogP contribution < -0.4 is 5.73 Å². The highest BCUT2D eigenvalue weighted by molar-refractivity contribution is 5.90. The van der Waals surface area contributed by atoms with E-state index in [9.17, 15) is 9.59 Å². The Morgan fingerprint density at radius 2 is 1.43 bits per heavy atom. The molecule has 0 atom stereocenters. The summed E-state index contributed by atoms with van der Waals surface area (Å²) in [7, 11) is 0. The van der Waals surface area contributed by atoms with Crippen LogP contribution in [0.3, 0.4) is 0 Å². The molecule has 0 bridgehead atoms. The van der Waals surface area contributed by atoms with Gasteiger partial charge in [-0.05, 0) is 33.8 Å². The molecule has 0 fully saturated rings. The minimum absolute atomic E-state index is 0.0370. The lowest BCUT2D eigenvalue weighted by Gasteiger charge is -1.77. The highest BCUT2D eigenvalue weighted by atomic mass is 16.4. The van der Waals surface area contributed by atoms with E-state index in [-0.39, 0.29) is 17.4 Å². The monoisotopic (exact) mass is 202 g/mol. The topological polar surface area (TPSA) is 92.8 Å². The van der Waals surface area contributed by atoms with E-state index in [1.807, 2.05) is 0 Å². The summed E-state index contributed by atoms with van der Waals surface area (Å²) in [5.74, 6) is 0.370. The van der Waals surface area contributed by atoms with E-state index in [2.05, 4.69) is 11.7 Å². The molecule has 0 aromatic carbocycles. The van der Waals surface area contributed by atoms with Crippen LogP contribution in [0, 0.1) is 0 Å². The second kappa shape index (κ2) is 13.9. The van der Waals surface area contributed by atoms with Crippen molar-refractivity contribution in [2.24, 2.45) is 10.9 Å². The van der Waals surface area contributed by atoms with Gasteiger partial charge in [-0.15, -0.1) is 0 Å². The predicted molar refractivity (Wildman–Crippen MR) is 56.3 cm³/mol. The zero-order chi connectivity index (χ0) is 12.1. The van der Waals surface area contributed by atoms with E-state index < -0.39 is 0 Å². The summed E-state index contributed by atoms with van der Waals surface area (Å²) in [6, 6.07) is 0. The smallest absolute Gasteiger partial charge is 0.162 e. The van der Waals surface area contributed by atoms with Gasteiger partial charge in [0.2, 0.25) is 0 Å². The van der Waals surface area contributed by atoms with Crippen LogP contribution in [0.5, 0.6) is 0 Å². The number of nitrogens with two attached hydrogens (primary N) is 1. The summed E-state index contributed by atoms with van der Waals surface area (Å²) in [5.41, 5.74) is 4.85. The Morgan fingerprint density at radius 3 is 1.43 bits per heavy atom. The minimum atomic E-state index is 0.0370. The standard InChI is InChI=1S/C3H6N2O.2C3H6O/c1-2-3(4)5-6;2*1-3(2)4/h2,6H,1H2,(H2,4,5);2*1-2H3. The summed E-state index contributed by atoms with van der Waals surface area (Å²) >= 11 is 0. The normalized spacial score (nSPS) is 8.43. The number of ketones is 2. The maximum absolute atomic E-state index is 9.44. The maximum Gasteiger partial charge on any atom is 0.162 e. The summed E-state index contributed by atoms with van der Waals surface area (Å²) in [5, 5.41) is 10.3. The van der Waals surface area contributed by atoms with Crippen molar-refractivity contribution in [1.29, 1.82) is 0 Å². The van der Waals surface area contributed by atoms with Gasteiger partial charge in [0.15, 0.2) is 5.84 Å². The third-order valence-electron chi connectivity index (χ3n) is 0.325. The molecule has 0 aliphatic rings. The zero-order valence-electron chi connectivity index (χ0n) is 9.07. The maximum atomic E-state index is 9.44. The van der Waals surface area contributed by atoms with Crippen LogP contribution in [0.4, 0.5) is 0 Å². The van der Waals surface area contributed by atoms with Gasteiger partial charge >= 0.3 is 0 Å². The lowest BCUT2D eigenvalue weighted by Crippen LogP contribution is -2.05. The highest BCUT2D eigenvalue weighted by Crippen LogP contribution is 1.60. The Balaban J connectivity index is -0.000000135. The molecule has 0 unspecified atom stereocenters. The quantitative estimate of drug-likeness (QED) is 0.288. The Morgan fingerprint density at radius 1 is 1.21 bits per heavy atom. The number of hydrogen-bond acceptors (Lipinski definition) is 4. The van der Waals surface area contributed by atoms with Crippen LogP contribution in [-0.4, -0.2) is 22.6 Å². The highest BCUT2D eigenvalue weighted by Gasteiger charge is 1.71. The lowest BCUT2D eigenvalue weighted by molar-refractivity contribution is -0.115. The van der Waals surface area contributed by atoms with Crippen molar-refractivity contribution in [3.8, 4) is 0 Å². The van der Waals surface area contributed by atoms with Gasteiger partial charge in [-0.1, -0.05) is 11.7 Å². The van der Waals surface area contributed by atoms with Crippen molar-refractivity contribution < 1.29 is 14.8 Å². The van der Waals surface area contributed by atoms with Gasteiger partial charge in [0.25, 0.3) is 0 Å². The van der Waals surface area contributed by atoms with Gasteiger partial charge in [-0.2, -0.15) is 0 Å². The van der Waals surface area contributed by atoms with E-state index in [4.69, 9.17) is 10.9 Å². The predicted octanol–water partition coefficient (Wildman–Crippen LogP) is 1.11. The fourth-order valence-electron chi connectivity index (χ4n) is 0.0408. The zero-order valence-corrected chi connectivity index (χ0v) is 9.07. The van der Waals surface area contributed by atoms with E-state index >= 15 is 0 Å². The molecule has 5 heteroatoms. The van der Waals surface area contributed by atoms with E-state index in [0.29, 0.717) is 0 Å². The molecule has 0 aliphatic heterocycles. The fourth-order valence-corrected chi connectivity index (χ4v) is 0.0408. The summed E-state index contributed by atoms with van der Waals surface area (Å²) in [6.45, 7) is 9.33. The molecule has 0 aliphatic carbocycles. The van der Waals surface area contributed by atoms with Crippen LogP contribution in [0.1, 0.15) is 27.7 Å². The first-order valence-corrected chi connectivity index (χ1v) is 3.82. The first kappa shape index (κ1) is 18.2. The molecule has 0 rings (SSSR count). The number of oxime groups is 1. The molecule has 14 heavy (non-hydrogen) atoms. The number of nitrogens with zero attached hydrogens (tertiary/aromatic N) is 1. The molecule has 0 saturated heterocycles. The molecule has 0 amide bonds. The van der Waals surface area contributed by atoms with E-state index in [0.717, 1.165) is 0 Å². The molecule has 0 heterocycles. The van der Waals surface area contributed by atoms with Gasteiger partial charge in [0.05, 0.1) is 0 Å². The van der Waals surface area contributed by atoms with Crippen LogP contribution in [0.15, 0.2) is 17.8 Å². The van der Waals surface area contributed by atoms with Gasteiger partial charge in [0, 0.05) is 0 Å². The van der Waals surface area contributed by atoms with Crippen molar-refractivity contribution in [2.45, 2.75) is 27.7 Å². The molecule has 0 spiro atoms. The van der Waals surface area contributed by atoms with Crippen molar-refractivity contribution >= 4 is 17.4 Å². The fraction of sp³-hybridized carbons (Fsp3) is 0.444. The lowest BCUT2D eigenvalue weighted by atomic mass is 10.6. The molecule has 3 N–H and O–H groups in total. The number of carbonyl (C=O) groups is 2. The Hall–Kier alpha value is -1.65. The molecular formula is C9H18N2O3. The summed E-state index contributed by atoms with van der Waals surface area (Å²) in [4.78, 5) is 18.9. The largest absolute Gasteiger partial charge is 0.409 e. The summed E-state index contributed by atoms with van der Waals surface area (Å²) in [6.07, 6.45) is 1.25. The van der Waals surface area contributed by atoms with Crippen LogP contribution in [0.25, 0.3) is 0 Å². The molecule has 82 valence electrons. The van der Waals surface area contributed by atoms with Crippen LogP contribution in [-0.2, 0) is 9.59 Å². The molecule has 5 nitrogen and oxygen atoms in total. The number of rotatable bonds is 1. The average molecular weight is 202 g/mol. The molecule has 0 radical (unpaired) electrons. The second-order valence-electron chi connectivity index (χ2n) is 2.55. The number of Topliss-reactive ketones (excluding diaryl/α,β-unsaturated/α-hetero) is 2. The number of amidine groups is 1. The minimum Gasteiger partial charge on any atom is -0.409 e. The second-order valence-corrected chi connectivity index (χ2v) is 2.55.